The Morgan fingerprint density at radius 3 is 2.10 bits per heavy atom. The molecule has 2 atom stereocenters. The SMILES string of the molecule is CCOc1ccc(CC2c3cc(OCC)c(OCC)cc3CCN2C(=O)COC(=O)C2CCN(c3ccc(Cl)c(Cl)c3)C2=O)cc1OCC. The molecule has 1 saturated heterocycles. The van der Waals surface area contributed by atoms with E-state index in [1.165, 1.54) is 4.90 Å². The molecule has 2 aliphatic heterocycles. The molecule has 2 heterocycles. The number of amides is 2. The van der Waals surface area contributed by atoms with Crippen molar-refractivity contribution in [2.24, 2.45) is 5.92 Å². The molecule has 0 aromatic heterocycles. The first kappa shape index (κ1) is 36.1. The van der Waals surface area contributed by atoms with Crippen molar-refractivity contribution in [2.75, 3.05) is 51.0 Å². The van der Waals surface area contributed by atoms with Gasteiger partial charge in [-0.25, -0.2) is 0 Å². The lowest BCUT2D eigenvalue weighted by molar-refractivity contribution is -0.158. The second kappa shape index (κ2) is 16.5. The third-order valence-electron chi connectivity index (χ3n) is 8.56. The maximum atomic E-state index is 13.9. The molecule has 2 unspecified atom stereocenters. The summed E-state index contributed by atoms with van der Waals surface area (Å²) in [4.78, 5) is 43.5. The molecule has 0 radical (unpaired) electrons. The van der Waals surface area contributed by atoms with Gasteiger partial charge in [0.25, 0.3) is 5.91 Å². The van der Waals surface area contributed by atoms with Gasteiger partial charge >= 0.3 is 5.97 Å². The minimum absolute atomic E-state index is 0.258. The number of fused-ring (bicyclic) bond motifs is 1. The van der Waals surface area contributed by atoms with Gasteiger partial charge in [0.05, 0.1) is 42.5 Å². The van der Waals surface area contributed by atoms with Crippen LogP contribution in [0.5, 0.6) is 23.0 Å². The lowest BCUT2D eigenvalue weighted by atomic mass is 9.88. The van der Waals surface area contributed by atoms with Crippen LogP contribution >= 0.6 is 23.2 Å². The molecule has 2 amide bonds. The first-order valence-corrected chi connectivity index (χ1v) is 17.5. The molecule has 12 heteroatoms. The Morgan fingerprint density at radius 2 is 1.43 bits per heavy atom. The molecule has 0 spiro atoms. The minimum atomic E-state index is -1.02. The number of carbonyl (C=O) groups is 3. The number of nitrogens with zero attached hydrogens (tertiary/aromatic N) is 2. The number of benzene rings is 3. The summed E-state index contributed by atoms with van der Waals surface area (Å²) in [7, 11) is 0. The fourth-order valence-corrected chi connectivity index (χ4v) is 6.63. The molecule has 0 saturated carbocycles. The number of carbonyl (C=O) groups excluding carboxylic acids is 3. The molecule has 0 N–H and O–H groups in total. The molecule has 49 heavy (non-hydrogen) atoms. The summed E-state index contributed by atoms with van der Waals surface area (Å²) >= 11 is 12.2. The third-order valence-corrected chi connectivity index (χ3v) is 9.30. The van der Waals surface area contributed by atoms with E-state index >= 15 is 0 Å². The molecule has 3 aromatic rings. The highest BCUT2D eigenvalue weighted by Crippen LogP contribution is 2.41. The van der Waals surface area contributed by atoms with E-state index in [4.69, 9.17) is 46.9 Å². The van der Waals surface area contributed by atoms with Crippen LogP contribution in [0.3, 0.4) is 0 Å². The Kier molecular flexibility index (Phi) is 12.2. The van der Waals surface area contributed by atoms with Crippen molar-refractivity contribution in [3.05, 3.63) is 75.3 Å². The van der Waals surface area contributed by atoms with Crippen LogP contribution in [0.25, 0.3) is 0 Å². The normalized spacial score (nSPS) is 17.1. The van der Waals surface area contributed by atoms with Gasteiger partial charge in [-0.2, -0.15) is 0 Å². The second-order valence-electron chi connectivity index (χ2n) is 11.6. The van der Waals surface area contributed by atoms with Crippen LogP contribution in [-0.4, -0.2) is 68.8 Å². The van der Waals surface area contributed by atoms with Gasteiger partial charge in [0.2, 0.25) is 5.91 Å². The van der Waals surface area contributed by atoms with Crippen LogP contribution in [0.2, 0.25) is 10.0 Å². The van der Waals surface area contributed by atoms with Gasteiger partial charge in [-0.3, -0.25) is 14.4 Å². The van der Waals surface area contributed by atoms with E-state index < -0.39 is 30.4 Å². The molecular weight excluding hydrogens is 671 g/mol. The Balaban J connectivity index is 1.37. The number of hydrogen-bond donors (Lipinski definition) is 0. The van der Waals surface area contributed by atoms with Crippen molar-refractivity contribution in [3.63, 3.8) is 0 Å². The zero-order valence-electron chi connectivity index (χ0n) is 28.3. The molecule has 5 rings (SSSR count). The second-order valence-corrected chi connectivity index (χ2v) is 12.4. The van der Waals surface area contributed by atoms with Crippen LogP contribution < -0.4 is 23.8 Å². The lowest BCUT2D eigenvalue weighted by Crippen LogP contribution is -2.43. The maximum Gasteiger partial charge on any atom is 0.319 e. The lowest BCUT2D eigenvalue weighted by Gasteiger charge is -2.38. The first-order valence-electron chi connectivity index (χ1n) is 16.7. The summed E-state index contributed by atoms with van der Waals surface area (Å²) in [6.45, 7) is 9.78. The summed E-state index contributed by atoms with van der Waals surface area (Å²) in [6.07, 6.45) is 1.29. The van der Waals surface area contributed by atoms with Gasteiger partial charge in [-0.05, 0) is 106 Å². The van der Waals surface area contributed by atoms with Gasteiger partial charge in [0.1, 0.15) is 5.92 Å². The predicted octanol–water partition coefficient (Wildman–Crippen LogP) is 6.85. The highest BCUT2D eigenvalue weighted by Gasteiger charge is 2.40. The topological polar surface area (TPSA) is 104 Å². The number of rotatable bonds is 14. The summed E-state index contributed by atoms with van der Waals surface area (Å²) in [5.41, 5.74) is 3.45. The van der Waals surface area contributed by atoms with E-state index in [-0.39, 0.29) is 12.3 Å². The van der Waals surface area contributed by atoms with Gasteiger partial charge < -0.3 is 33.5 Å². The van der Waals surface area contributed by atoms with Crippen LogP contribution in [-0.2, 0) is 32.0 Å². The zero-order chi connectivity index (χ0) is 35.1. The Hall–Kier alpha value is -4.15. The van der Waals surface area contributed by atoms with E-state index in [0.29, 0.717) is 91.1 Å². The van der Waals surface area contributed by atoms with E-state index in [1.54, 1.807) is 23.1 Å². The molecule has 3 aromatic carbocycles. The highest BCUT2D eigenvalue weighted by atomic mass is 35.5. The van der Waals surface area contributed by atoms with Crippen molar-refractivity contribution in [2.45, 2.75) is 53.0 Å². The summed E-state index contributed by atoms with van der Waals surface area (Å²) in [6, 6.07) is 14.2. The molecule has 2 aliphatic rings. The molecule has 1 fully saturated rings. The molecule has 0 bridgehead atoms. The van der Waals surface area contributed by atoms with Crippen molar-refractivity contribution >= 4 is 46.7 Å². The molecular formula is C37H42Cl2N2O8. The fourth-order valence-electron chi connectivity index (χ4n) is 6.33. The third kappa shape index (κ3) is 8.19. The van der Waals surface area contributed by atoms with Crippen LogP contribution in [0, 0.1) is 5.92 Å². The van der Waals surface area contributed by atoms with Crippen molar-refractivity contribution in [1.29, 1.82) is 0 Å². The quantitative estimate of drug-likeness (QED) is 0.132. The van der Waals surface area contributed by atoms with Crippen LogP contribution in [0.15, 0.2) is 48.5 Å². The van der Waals surface area contributed by atoms with Gasteiger partial charge in [-0.1, -0.05) is 29.3 Å². The molecule has 0 aliphatic carbocycles. The van der Waals surface area contributed by atoms with Crippen LogP contribution in [0.1, 0.15) is 56.8 Å². The number of ether oxygens (including phenoxy) is 5. The predicted molar refractivity (Wildman–Crippen MR) is 187 cm³/mol. The van der Waals surface area contributed by atoms with E-state index in [9.17, 15) is 14.4 Å². The number of esters is 1. The van der Waals surface area contributed by atoms with E-state index in [2.05, 4.69) is 0 Å². The Labute approximate surface area is 297 Å². The van der Waals surface area contributed by atoms with E-state index in [0.717, 1.165) is 16.7 Å². The standard InChI is InChI=1S/C37H42Cl2N2O8/c1-5-45-31-12-9-23(18-32(31)46-6-2)17-30-27-21-34(48-8-4)33(47-7-3)19-24(27)13-15-41(30)35(42)22-49-37(44)26-14-16-40(36(26)43)25-10-11-28(38)29(39)20-25/h9-12,18-21,26,30H,5-8,13-17,22H2,1-4H3. The number of hydrogen-bond acceptors (Lipinski definition) is 8. The number of halogens is 2. The van der Waals surface area contributed by atoms with Gasteiger partial charge in [0.15, 0.2) is 29.6 Å². The van der Waals surface area contributed by atoms with Crippen LogP contribution in [0.4, 0.5) is 5.69 Å². The van der Waals surface area contributed by atoms with E-state index in [1.807, 2.05) is 58.0 Å². The van der Waals surface area contributed by atoms with Crippen molar-refractivity contribution < 1.29 is 38.1 Å². The average Bonchev–Trinajstić information content (AvgIpc) is 3.48. The van der Waals surface area contributed by atoms with Crippen molar-refractivity contribution in [1.82, 2.24) is 4.90 Å². The largest absolute Gasteiger partial charge is 0.490 e. The minimum Gasteiger partial charge on any atom is -0.490 e. The Morgan fingerprint density at radius 1 is 0.776 bits per heavy atom. The summed E-state index contributed by atoms with van der Waals surface area (Å²) < 4.78 is 29.0. The first-order chi connectivity index (χ1) is 23.7. The maximum absolute atomic E-state index is 13.9. The number of anilines is 1. The average molecular weight is 714 g/mol. The fraction of sp³-hybridized carbons (Fsp3) is 0.432. The summed E-state index contributed by atoms with van der Waals surface area (Å²) in [5, 5.41) is 0.675. The Bertz CT molecular complexity index is 1680. The zero-order valence-corrected chi connectivity index (χ0v) is 29.8. The summed E-state index contributed by atoms with van der Waals surface area (Å²) in [5.74, 6) is 0.00899. The van der Waals surface area contributed by atoms with Gasteiger partial charge in [-0.15, -0.1) is 0 Å². The molecule has 262 valence electrons. The molecule has 10 nitrogen and oxygen atoms in total. The highest BCUT2D eigenvalue weighted by molar-refractivity contribution is 6.42. The van der Waals surface area contributed by atoms with Crippen molar-refractivity contribution in [3.8, 4) is 23.0 Å². The van der Waals surface area contributed by atoms with Gasteiger partial charge in [0, 0.05) is 18.8 Å². The monoisotopic (exact) mass is 712 g/mol. The smallest absolute Gasteiger partial charge is 0.319 e.